The second-order valence-electron chi connectivity index (χ2n) is 4.40. The van der Waals surface area contributed by atoms with Gasteiger partial charge in [0, 0.05) is 27.7 Å². The van der Waals surface area contributed by atoms with Crippen LogP contribution in [0.5, 0.6) is 0 Å². The fraction of sp³-hybridized carbons (Fsp3) is 0.385. The lowest BCUT2D eigenvalue weighted by atomic mass is 10.1. The number of benzene rings is 1. The van der Waals surface area contributed by atoms with Gasteiger partial charge < -0.3 is 10.6 Å². The first-order chi connectivity index (χ1) is 9.08. The summed E-state index contributed by atoms with van der Waals surface area (Å²) in [6, 6.07) is 8.10. The van der Waals surface area contributed by atoms with Crippen LogP contribution in [0.4, 0.5) is 0 Å². The van der Waals surface area contributed by atoms with Crippen molar-refractivity contribution in [3.05, 3.63) is 28.7 Å². The topological polar surface area (TPSA) is 63.4 Å². The molecule has 6 heteroatoms. The second-order valence-corrected chi connectivity index (χ2v) is 6.60. The lowest BCUT2D eigenvalue weighted by Crippen LogP contribution is -2.45. The van der Waals surface area contributed by atoms with Crippen LogP contribution in [0, 0.1) is 0 Å². The molecule has 1 saturated heterocycles. The molecule has 2 N–H and O–H groups in total. The van der Waals surface area contributed by atoms with Gasteiger partial charge in [-0.1, -0.05) is 12.1 Å². The smallest absolute Gasteiger partial charge is 0.311 e. The van der Waals surface area contributed by atoms with E-state index in [4.69, 9.17) is 5.73 Å². The number of likely N-dealkylation sites (tertiary alicyclic amines) is 1. The Kier molecular flexibility index (Phi) is 4.87. The number of carbonyl (C=O) groups excluding carboxylic acids is 2. The van der Waals surface area contributed by atoms with Crippen LogP contribution in [0.1, 0.15) is 12.8 Å². The van der Waals surface area contributed by atoms with Crippen molar-refractivity contribution >= 4 is 39.5 Å². The summed E-state index contributed by atoms with van der Waals surface area (Å²) >= 11 is 5.34. The molecule has 102 valence electrons. The predicted octanol–water partition coefficient (Wildman–Crippen LogP) is 2.02. The van der Waals surface area contributed by atoms with E-state index in [0.717, 1.165) is 17.3 Å². The molecule has 1 aliphatic rings. The van der Waals surface area contributed by atoms with Crippen molar-refractivity contribution in [2.24, 2.45) is 5.73 Å². The van der Waals surface area contributed by atoms with Gasteiger partial charge in [-0.3, -0.25) is 9.59 Å². The minimum atomic E-state index is -0.864. The summed E-state index contributed by atoms with van der Waals surface area (Å²) in [5.74, 6) is -1.43. The Morgan fingerprint density at radius 1 is 1.26 bits per heavy atom. The number of nitrogens with two attached hydrogens (primary N) is 1. The summed E-state index contributed by atoms with van der Waals surface area (Å²) in [5, 5.41) is 0.468. The number of primary amides is 1. The van der Waals surface area contributed by atoms with E-state index in [-0.39, 0.29) is 0 Å². The number of rotatable bonds is 2. The van der Waals surface area contributed by atoms with Crippen LogP contribution >= 0.6 is 27.7 Å². The number of halogens is 1. The first-order valence-corrected chi connectivity index (χ1v) is 7.75. The van der Waals surface area contributed by atoms with Crippen LogP contribution in [0.15, 0.2) is 33.6 Å². The maximum atomic E-state index is 11.5. The molecule has 0 radical (unpaired) electrons. The normalized spacial score (nSPS) is 16.4. The van der Waals surface area contributed by atoms with Gasteiger partial charge in [0.15, 0.2) is 0 Å². The van der Waals surface area contributed by atoms with Gasteiger partial charge in [0.25, 0.3) is 0 Å². The Bertz CT molecular complexity index is 487. The maximum Gasteiger partial charge on any atom is 0.311 e. The summed E-state index contributed by atoms with van der Waals surface area (Å²) in [7, 11) is 0. The monoisotopic (exact) mass is 342 g/mol. The number of thioether (sulfide) groups is 1. The molecule has 0 atom stereocenters. The van der Waals surface area contributed by atoms with E-state index < -0.39 is 11.8 Å². The molecule has 4 nitrogen and oxygen atoms in total. The third-order valence-electron chi connectivity index (χ3n) is 3.07. The Hall–Kier alpha value is -1.01. The van der Waals surface area contributed by atoms with Crippen molar-refractivity contribution in [3.63, 3.8) is 0 Å². The van der Waals surface area contributed by atoms with Crippen LogP contribution in [-0.4, -0.2) is 35.1 Å². The zero-order valence-electron chi connectivity index (χ0n) is 10.3. The Balaban J connectivity index is 1.89. The number of carbonyl (C=O) groups is 2. The first-order valence-electron chi connectivity index (χ1n) is 6.08. The summed E-state index contributed by atoms with van der Waals surface area (Å²) in [6.07, 6.45) is 1.76. The van der Waals surface area contributed by atoms with E-state index in [2.05, 4.69) is 22.0 Å². The summed E-state index contributed by atoms with van der Waals surface area (Å²) in [5.41, 5.74) is 5.00. The zero-order valence-corrected chi connectivity index (χ0v) is 12.7. The number of nitrogens with zero attached hydrogens (tertiary/aromatic N) is 1. The maximum absolute atomic E-state index is 11.5. The lowest BCUT2D eigenvalue weighted by Gasteiger charge is -2.30. The highest BCUT2D eigenvalue weighted by Crippen LogP contribution is 2.34. The van der Waals surface area contributed by atoms with Crippen molar-refractivity contribution in [2.75, 3.05) is 13.1 Å². The van der Waals surface area contributed by atoms with Gasteiger partial charge in [-0.25, -0.2) is 0 Å². The van der Waals surface area contributed by atoms with Crippen molar-refractivity contribution in [1.82, 2.24) is 4.90 Å². The molecule has 1 aliphatic heterocycles. The van der Waals surface area contributed by atoms with E-state index in [0.29, 0.717) is 18.3 Å². The highest BCUT2D eigenvalue weighted by molar-refractivity contribution is 9.10. The molecule has 0 unspecified atom stereocenters. The fourth-order valence-corrected chi connectivity index (χ4v) is 3.76. The highest BCUT2D eigenvalue weighted by atomic mass is 79.9. The van der Waals surface area contributed by atoms with Gasteiger partial charge in [0.1, 0.15) is 0 Å². The third-order valence-corrected chi connectivity index (χ3v) is 5.44. The van der Waals surface area contributed by atoms with Crippen LogP contribution in [0.25, 0.3) is 0 Å². The molecule has 0 aliphatic carbocycles. The van der Waals surface area contributed by atoms with E-state index in [9.17, 15) is 9.59 Å². The van der Waals surface area contributed by atoms with Crippen molar-refractivity contribution in [3.8, 4) is 0 Å². The van der Waals surface area contributed by atoms with Gasteiger partial charge in [-0.2, -0.15) is 0 Å². The predicted molar refractivity (Wildman–Crippen MR) is 78.8 cm³/mol. The summed E-state index contributed by atoms with van der Waals surface area (Å²) < 4.78 is 1.09. The molecule has 1 heterocycles. The minimum Gasteiger partial charge on any atom is -0.361 e. The summed E-state index contributed by atoms with van der Waals surface area (Å²) in [6.45, 7) is 1.20. The van der Waals surface area contributed by atoms with E-state index in [1.807, 2.05) is 30.0 Å². The van der Waals surface area contributed by atoms with E-state index in [1.54, 1.807) is 4.90 Å². The Morgan fingerprint density at radius 3 is 2.47 bits per heavy atom. The largest absolute Gasteiger partial charge is 0.361 e. The van der Waals surface area contributed by atoms with Crippen molar-refractivity contribution in [1.29, 1.82) is 0 Å². The second kappa shape index (κ2) is 6.43. The van der Waals surface area contributed by atoms with Crippen molar-refractivity contribution in [2.45, 2.75) is 23.0 Å². The average molecular weight is 343 g/mol. The minimum absolute atomic E-state index is 0.468. The molecular formula is C13H15BrN2O2S. The fourth-order valence-electron chi connectivity index (χ4n) is 2.05. The quantitative estimate of drug-likeness (QED) is 0.836. The molecule has 2 rings (SSSR count). The third kappa shape index (κ3) is 3.73. The Morgan fingerprint density at radius 2 is 1.89 bits per heavy atom. The molecule has 0 spiro atoms. The number of hydrogen-bond acceptors (Lipinski definition) is 3. The standard InChI is InChI=1S/C13H15BrN2O2S/c14-10-3-1-2-4-11(10)19-9-5-7-16(8-6-9)13(18)12(15)17/h1-4,9H,5-8H2,(H2,15,17). The molecule has 1 aromatic carbocycles. The van der Waals surface area contributed by atoms with Crippen molar-refractivity contribution < 1.29 is 9.59 Å². The summed E-state index contributed by atoms with van der Waals surface area (Å²) in [4.78, 5) is 25.0. The van der Waals surface area contributed by atoms with Crippen LogP contribution in [0.3, 0.4) is 0 Å². The SMILES string of the molecule is NC(=O)C(=O)N1CCC(Sc2ccccc2Br)CC1. The molecule has 1 aromatic rings. The molecule has 19 heavy (non-hydrogen) atoms. The zero-order chi connectivity index (χ0) is 13.8. The van der Waals surface area contributed by atoms with Crippen LogP contribution in [-0.2, 0) is 9.59 Å². The molecule has 0 saturated carbocycles. The molecule has 0 bridgehead atoms. The van der Waals surface area contributed by atoms with Gasteiger partial charge in [0.2, 0.25) is 0 Å². The first kappa shape index (κ1) is 14.4. The number of amides is 2. The van der Waals surface area contributed by atoms with Gasteiger partial charge in [-0.15, -0.1) is 11.8 Å². The van der Waals surface area contributed by atoms with E-state index in [1.165, 1.54) is 4.90 Å². The average Bonchev–Trinajstić information content (AvgIpc) is 2.41. The van der Waals surface area contributed by atoms with Gasteiger partial charge in [-0.05, 0) is 40.9 Å². The highest BCUT2D eigenvalue weighted by Gasteiger charge is 2.26. The Labute approximate surface area is 124 Å². The molecule has 2 amide bonds. The van der Waals surface area contributed by atoms with Gasteiger partial charge in [0.05, 0.1) is 0 Å². The number of piperidine rings is 1. The molecule has 0 aromatic heterocycles. The number of hydrogen-bond donors (Lipinski definition) is 1. The van der Waals surface area contributed by atoms with E-state index >= 15 is 0 Å². The van der Waals surface area contributed by atoms with Crippen LogP contribution in [0.2, 0.25) is 0 Å². The molecule has 1 fully saturated rings. The van der Waals surface area contributed by atoms with Crippen LogP contribution < -0.4 is 5.73 Å². The lowest BCUT2D eigenvalue weighted by molar-refractivity contribution is -0.144. The molecular weight excluding hydrogens is 328 g/mol. The van der Waals surface area contributed by atoms with Gasteiger partial charge >= 0.3 is 11.8 Å².